The molecule has 16 aromatic carbocycles. The molecule has 0 fully saturated rings. The highest BCUT2D eigenvalue weighted by Gasteiger charge is 2.45. The molecule has 8 heteroatoms. The van der Waals surface area contributed by atoms with E-state index in [1.54, 1.807) is 0 Å². The van der Waals surface area contributed by atoms with Gasteiger partial charge in [0.15, 0.2) is 0 Å². The van der Waals surface area contributed by atoms with Crippen molar-refractivity contribution in [3.63, 3.8) is 0 Å². The number of hydrogen-bond acceptors (Lipinski definition) is 4. The largest absolute Gasteiger partial charge is 0.458 e. The van der Waals surface area contributed by atoms with Gasteiger partial charge in [-0.2, -0.15) is 0 Å². The van der Waals surface area contributed by atoms with Gasteiger partial charge in [-0.15, -0.1) is 0 Å². The average molecular weight is 1460 g/mol. The molecule has 114 heavy (non-hydrogen) atoms. The van der Waals surface area contributed by atoms with Crippen LogP contribution in [0.25, 0.3) is 139 Å². The van der Waals surface area contributed by atoms with Crippen LogP contribution in [0, 0.1) is 6.33 Å². The van der Waals surface area contributed by atoms with E-state index in [1.165, 1.54) is 5.56 Å². The molecule has 540 valence electrons. The Labute approximate surface area is 665 Å². The summed E-state index contributed by atoms with van der Waals surface area (Å²) in [4.78, 5) is 10.3. The van der Waals surface area contributed by atoms with Crippen molar-refractivity contribution in [2.75, 3.05) is 9.62 Å². The van der Waals surface area contributed by atoms with Gasteiger partial charge in [0, 0.05) is 45.5 Å². The monoisotopic (exact) mass is 1460 g/mol. The molecule has 20 rings (SSSR count). The molecule has 0 bridgehead atoms. The minimum absolute atomic E-state index is 0.144. The Hall–Kier alpha value is -14.6. The van der Waals surface area contributed by atoms with E-state index >= 15 is 0 Å². The van der Waals surface area contributed by atoms with Crippen LogP contribution in [0.5, 0.6) is 11.5 Å². The highest BCUT2D eigenvalue weighted by Crippen LogP contribution is 2.51. The van der Waals surface area contributed by atoms with Crippen molar-refractivity contribution < 1.29 is 9.30 Å². The lowest BCUT2D eigenvalue weighted by atomic mass is 9.63. The summed E-state index contributed by atoms with van der Waals surface area (Å²) in [5, 5.41) is 2.17. The van der Waals surface area contributed by atoms with Gasteiger partial charge in [0.1, 0.15) is 17.3 Å². The third-order valence-corrected chi connectivity index (χ3v) is 22.3. The normalized spacial score (nSPS) is 12.1. The minimum atomic E-state index is -0.339. The van der Waals surface area contributed by atoms with Gasteiger partial charge < -0.3 is 14.4 Å². The van der Waals surface area contributed by atoms with Crippen LogP contribution < -0.4 is 24.4 Å². The maximum atomic E-state index is 7.24. The Bertz CT molecular complexity index is 6440. The maximum Gasteiger partial charge on any atom is 0.420 e. The summed E-state index contributed by atoms with van der Waals surface area (Å²) in [5.41, 5.74) is 30.4. The quantitative estimate of drug-likeness (QED) is 0.0549. The molecule has 0 amide bonds. The number of anilines is 4. The van der Waals surface area contributed by atoms with Crippen LogP contribution in [0.4, 0.5) is 22.7 Å². The average Bonchev–Trinajstić information content (AvgIpc) is 1.56. The predicted molar refractivity (Wildman–Crippen MR) is 473 cm³/mol. The van der Waals surface area contributed by atoms with Crippen LogP contribution >= 0.6 is 0 Å². The van der Waals surface area contributed by atoms with Crippen LogP contribution in [0.2, 0.25) is 0 Å². The van der Waals surface area contributed by atoms with Crippen molar-refractivity contribution in [3.05, 3.63) is 425 Å². The lowest BCUT2D eigenvalue weighted by Gasteiger charge is -2.32. The van der Waals surface area contributed by atoms with Crippen LogP contribution in [0.15, 0.2) is 413 Å². The first-order valence-electron chi connectivity index (χ1n) is 39.1. The van der Waals surface area contributed by atoms with E-state index in [-0.39, 0.29) is 12.4 Å². The Morgan fingerprint density at radius 1 is 0.316 bits per heavy atom. The molecule has 0 saturated carbocycles. The number of ether oxygens (including phenoxy) is 1. The van der Waals surface area contributed by atoms with E-state index in [0.29, 0.717) is 11.5 Å². The molecule has 7 nitrogen and oxygen atoms in total. The number of nitrogens with zero attached hydrogens (tertiary/aromatic N) is 6. The predicted octanol–water partition coefficient (Wildman–Crippen LogP) is 26.3. The van der Waals surface area contributed by atoms with Gasteiger partial charge in [0.25, 0.3) is 6.33 Å². The molecule has 0 N–H and O–H groups in total. The van der Waals surface area contributed by atoms with Gasteiger partial charge in [-0.1, -0.05) is 312 Å². The number of para-hydroxylation sites is 7. The SMILES string of the molecule is CC(C)(C)c1ccnc(-n2c3ccc(B4N(c5ccccc5-c5ccccc5)c5ccccc5N4c4ccccc4-c4ccccc4)cc3c3ccc(Oc4cccc(-n5[c-][n+](-c6c(-c7cc(-c8ccccc8)cc(-c8ccccc8)c7)cccc6-c6cc(-c7ccccc7)cc(-c7ccccc7)c6)c6ccccc65)c4)cc32)c1. The molecular formula is C106H77BN6O. The molecule has 3 aromatic heterocycles. The molecule has 19 aromatic rings. The van der Waals surface area contributed by atoms with E-state index < -0.39 is 0 Å². The second kappa shape index (κ2) is 29.0. The third-order valence-electron chi connectivity index (χ3n) is 22.3. The summed E-state index contributed by atoms with van der Waals surface area (Å²) in [6.45, 7) is 6.45. The molecule has 4 heterocycles. The first-order chi connectivity index (χ1) is 56.2. The fraction of sp³-hybridized carbons (Fsp3) is 0.0377. The number of benzene rings is 16. The zero-order valence-electron chi connectivity index (χ0n) is 63.4. The highest BCUT2D eigenvalue weighted by atomic mass is 16.5. The lowest BCUT2D eigenvalue weighted by Crippen LogP contribution is -2.53. The Kier molecular flexibility index (Phi) is 17.5. The molecular weight excluding hydrogens is 1380 g/mol. The molecule has 0 aliphatic carbocycles. The van der Waals surface area contributed by atoms with Crippen molar-refractivity contribution in [2.45, 2.75) is 26.2 Å². The number of fused-ring (bicyclic) bond motifs is 5. The van der Waals surface area contributed by atoms with Gasteiger partial charge in [0.2, 0.25) is 0 Å². The standard InChI is InChI=1S/C106H77BN6O/c1-106(2,3)85-60-61-108-104(68-85)111-96-59-56-86(107-112(97-50-24-22-46-90(97)77-40-18-8-19-41-77)101-54-28-29-55-102(101)113(107)98-51-25-23-47-91(98)78-42-20-9-21-43-78)69-95(96)94-58-57-89(71-103(94)111)114-88-45-30-44-87(70-88)109-72-110(100-53-27-26-52-99(100)109)105-92(83-64-79(73-32-10-4-11-33-73)62-80(65-83)74-34-12-5-13-35-74)48-31-49-93(105)84-66-81(75-36-14-6-15-37-75)63-82(67-84)76-38-16-7-17-39-76/h4-71H,1-3H3. The van der Waals surface area contributed by atoms with Crippen LogP contribution in [-0.2, 0) is 5.41 Å². The molecule has 0 spiro atoms. The van der Waals surface area contributed by atoms with E-state index in [0.717, 1.165) is 167 Å². The molecule has 1 aliphatic heterocycles. The number of aromatic nitrogens is 4. The molecule has 0 saturated heterocycles. The summed E-state index contributed by atoms with van der Waals surface area (Å²) in [7, 11) is 0. The van der Waals surface area contributed by atoms with Crippen LogP contribution in [-0.4, -0.2) is 21.1 Å². The van der Waals surface area contributed by atoms with Gasteiger partial charge in [-0.25, -0.2) is 4.98 Å². The Morgan fingerprint density at radius 2 is 0.754 bits per heavy atom. The molecule has 0 radical (unpaired) electrons. The van der Waals surface area contributed by atoms with Crippen LogP contribution in [0.3, 0.4) is 0 Å². The fourth-order valence-electron chi connectivity index (χ4n) is 16.9. The molecule has 1 aliphatic rings. The zero-order valence-corrected chi connectivity index (χ0v) is 63.4. The number of pyridine rings is 1. The fourth-order valence-corrected chi connectivity index (χ4v) is 16.9. The summed E-state index contributed by atoms with van der Waals surface area (Å²) >= 11 is 0. The van der Waals surface area contributed by atoms with Crippen LogP contribution in [0.1, 0.15) is 26.3 Å². The van der Waals surface area contributed by atoms with Crippen molar-refractivity contribution in [1.82, 2.24) is 14.1 Å². The lowest BCUT2D eigenvalue weighted by molar-refractivity contribution is -0.571. The summed E-state index contributed by atoms with van der Waals surface area (Å²) in [5.74, 6) is 2.19. The second-order valence-corrected chi connectivity index (χ2v) is 30.4. The topological polar surface area (TPSA) is 42.3 Å². The number of imidazole rings is 1. The Morgan fingerprint density at radius 3 is 1.27 bits per heavy atom. The summed E-state index contributed by atoms with van der Waals surface area (Å²) < 4.78 is 14.0. The van der Waals surface area contributed by atoms with Gasteiger partial charge >= 0.3 is 6.98 Å². The molecule has 0 unspecified atom stereocenters. The van der Waals surface area contributed by atoms with E-state index in [9.17, 15) is 0 Å². The number of hydrogen-bond donors (Lipinski definition) is 0. The highest BCUT2D eigenvalue weighted by molar-refractivity contribution is 6.85. The minimum Gasteiger partial charge on any atom is -0.458 e. The van der Waals surface area contributed by atoms with Gasteiger partial charge in [0.05, 0.1) is 44.8 Å². The van der Waals surface area contributed by atoms with Crippen molar-refractivity contribution >= 4 is 68.0 Å². The smallest absolute Gasteiger partial charge is 0.420 e. The Balaban J connectivity index is 0.743. The van der Waals surface area contributed by atoms with Crippen molar-refractivity contribution in [2.24, 2.45) is 0 Å². The number of rotatable bonds is 16. The summed E-state index contributed by atoms with van der Waals surface area (Å²) in [6.07, 6.45) is 5.99. The van der Waals surface area contributed by atoms with E-state index in [2.05, 4.69) is 451 Å². The van der Waals surface area contributed by atoms with Crippen molar-refractivity contribution in [1.29, 1.82) is 0 Å². The third kappa shape index (κ3) is 12.7. The second-order valence-electron chi connectivity index (χ2n) is 30.4. The van der Waals surface area contributed by atoms with E-state index in [4.69, 9.17) is 9.72 Å². The van der Waals surface area contributed by atoms with Gasteiger partial charge in [-0.05, 0) is 204 Å². The summed E-state index contributed by atoms with van der Waals surface area (Å²) in [6, 6.07) is 147. The zero-order chi connectivity index (χ0) is 76.2. The van der Waals surface area contributed by atoms with Crippen molar-refractivity contribution in [3.8, 4) is 118 Å². The van der Waals surface area contributed by atoms with Gasteiger partial charge in [-0.3, -0.25) is 13.7 Å². The first kappa shape index (κ1) is 68.7. The van der Waals surface area contributed by atoms with E-state index in [1.807, 2.05) is 12.3 Å². The first-order valence-corrected chi connectivity index (χ1v) is 39.1. The maximum absolute atomic E-state index is 7.24. The molecule has 0 atom stereocenters.